The lowest BCUT2D eigenvalue weighted by Gasteiger charge is -2.25. The van der Waals surface area contributed by atoms with E-state index < -0.39 is 17.8 Å². The monoisotopic (exact) mass is 415 g/mol. The van der Waals surface area contributed by atoms with Crippen LogP contribution in [0.1, 0.15) is 30.6 Å². The Morgan fingerprint density at radius 1 is 1.17 bits per heavy atom. The average molecular weight is 415 g/mol. The number of aromatic amines is 1. The Bertz CT molecular complexity index is 1090. The molecule has 5 nitrogen and oxygen atoms in total. The van der Waals surface area contributed by atoms with Gasteiger partial charge < -0.3 is 15.2 Å². The van der Waals surface area contributed by atoms with Gasteiger partial charge in [0, 0.05) is 29.6 Å². The number of carbonyl (C=O) groups excluding carboxylic acids is 2. The summed E-state index contributed by atoms with van der Waals surface area (Å²) in [6, 6.07) is 15.0. The van der Waals surface area contributed by atoms with Crippen molar-refractivity contribution in [1.82, 2.24) is 9.88 Å². The lowest BCUT2D eigenvalue weighted by atomic mass is 10.1. The highest BCUT2D eigenvalue weighted by Crippen LogP contribution is 2.33. The third kappa shape index (κ3) is 3.90. The smallest absolute Gasteiger partial charge is 0.351 e. The van der Waals surface area contributed by atoms with Crippen molar-refractivity contribution in [3.8, 4) is 0 Å². The molecule has 1 aromatic heterocycles. The first kappa shape index (κ1) is 20.0. The summed E-state index contributed by atoms with van der Waals surface area (Å²) in [6.45, 7) is 2.22. The van der Waals surface area contributed by atoms with Gasteiger partial charge in [-0.3, -0.25) is 9.59 Å². The minimum Gasteiger partial charge on any atom is -0.351 e. The Morgan fingerprint density at radius 2 is 1.90 bits per heavy atom. The molecule has 30 heavy (non-hydrogen) atoms. The number of nitrogens with zero attached hydrogens (tertiary/aromatic N) is 1. The van der Waals surface area contributed by atoms with E-state index in [1.165, 1.54) is 18.2 Å². The summed E-state index contributed by atoms with van der Waals surface area (Å²) in [7, 11) is 0. The molecular weight excluding hydrogens is 395 g/mol. The molecule has 1 saturated heterocycles. The molecule has 2 aromatic carbocycles. The topological polar surface area (TPSA) is 65.2 Å². The molecule has 0 radical (unpaired) electrons. The van der Waals surface area contributed by atoms with Crippen LogP contribution >= 0.6 is 0 Å². The Labute approximate surface area is 170 Å². The maximum absolute atomic E-state index is 12.9. The predicted molar refractivity (Wildman–Crippen MR) is 107 cm³/mol. The highest BCUT2D eigenvalue weighted by atomic mass is 19.4. The number of carbonyl (C=O) groups is 2. The zero-order valence-corrected chi connectivity index (χ0v) is 16.2. The van der Waals surface area contributed by atoms with Crippen LogP contribution in [0.5, 0.6) is 0 Å². The van der Waals surface area contributed by atoms with Gasteiger partial charge in [-0.2, -0.15) is 13.2 Å². The molecule has 1 fully saturated rings. The van der Waals surface area contributed by atoms with Crippen LogP contribution in [0.25, 0.3) is 10.9 Å². The molecule has 2 heterocycles. The summed E-state index contributed by atoms with van der Waals surface area (Å²) in [6.07, 6.45) is -4.36. The van der Waals surface area contributed by atoms with Gasteiger partial charge in [0.1, 0.15) is 5.69 Å². The quantitative estimate of drug-likeness (QED) is 0.647. The number of hydrogen-bond acceptors (Lipinski definition) is 2. The van der Waals surface area contributed by atoms with Crippen molar-refractivity contribution in [3.05, 3.63) is 65.9 Å². The van der Waals surface area contributed by atoms with Crippen molar-refractivity contribution in [2.75, 3.05) is 11.9 Å². The number of likely N-dealkylation sites (tertiary alicyclic amines) is 1. The van der Waals surface area contributed by atoms with Gasteiger partial charge >= 0.3 is 6.18 Å². The van der Waals surface area contributed by atoms with E-state index in [9.17, 15) is 22.8 Å². The Balaban J connectivity index is 1.46. The molecule has 1 aliphatic rings. The summed E-state index contributed by atoms with van der Waals surface area (Å²) in [4.78, 5) is 29.2. The van der Waals surface area contributed by atoms with Gasteiger partial charge in [0.25, 0.3) is 0 Å². The molecule has 0 saturated carbocycles. The average Bonchev–Trinajstić information content (AvgIpc) is 3.31. The van der Waals surface area contributed by atoms with Gasteiger partial charge in [0.2, 0.25) is 11.8 Å². The third-order valence-electron chi connectivity index (χ3n) is 5.47. The summed E-state index contributed by atoms with van der Waals surface area (Å²) in [5, 5.41) is 3.08. The molecule has 0 aliphatic carbocycles. The van der Waals surface area contributed by atoms with E-state index in [0.29, 0.717) is 23.1 Å². The molecule has 2 atom stereocenters. The number of rotatable bonds is 4. The number of amides is 2. The summed E-state index contributed by atoms with van der Waals surface area (Å²) < 4.78 is 38.6. The maximum Gasteiger partial charge on any atom is 0.431 e. The Kier molecular flexibility index (Phi) is 5.01. The first-order chi connectivity index (χ1) is 14.2. The zero-order chi connectivity index (χ0) is 21.5. The van der Waals surface area contributed by atoms with Crippen molar-refractivity contribution in [1.29, 1.82) is 0 Å². The summed E-state index contributed by atoms with van der Waals surface area (Å²) in [5.41, 5.74) is 0.875. The minimum atomic E-state index is -4.47. The number of aromatic nitrogens is 1. The lowest BCUT2D eigenvalue weighted by Crippen LogP contribution is -2.30. The molecule has 2 amide bonds. The SMILES string of the molecule is CC(c1ccccc1)N1CC(C(=O)Nc2ccc3[nH]c(C(F)(F)F)cc3c2)CC1=O. The lowest BCUT2D eigenvalue weighted by molar-refractivity contribution is -0.140. The van der Waals surface area contributed by atoms with Crippen LogP contribution in [0.3, 0.4) is 0 Å². The van der Waals surface area contributed by atoms with Gasteiger partial charge in [0.15, 0.2) is 0 Å². The standard InChI is InChI=1S/C22H20F3N3O2/c1-13(14-5-3-2-4-6-14)28-12-16(11-20(28)29)21(30)26-17-7-8-18-15(9-17)10-19(27-18)22(23,24)25/h2-10,13,16,27H,11-12H2,1H3,(H,26,30). The van der Waals surface area contributed by atoms with Crippen molar-refractivity contribution in [2.45, 2.75) is 25.6 Å². The van der Waals surface area contributed by atoms with E-state index >= 15 is 0 Å². The van der Waals surface area contributed by atoms with Crippen molar-refractivity contribution in [3.63, 3.8) is 0 Å². The second-order valence-corrected chi connectivity index (χ2v) is 7.51. The molecule has 2 N–H and O–H groups in total. The van der Waals surface area contributed by atoms with E-state index in [-0.39, 0.29) is 24.3 Å². The predicted octanol–water partition coefficient (Wildman–Crippen LogP) is 4.73. The first-order valence-electron chi connectivity index (χ1n) is 9.57. The van der Waals surface area contributed by atoms with Gasteiger partial charge in [-0.1, -0.05) is 30.3 Å². The minimum absolute atomic E-state index is 0.0950. The Hall–Kier alpha value is -3.29. The summed E-state index contributed by atoms with van der Waals surface area (Å²) >= 11 is 0. The van der Waals surface area contributed by atoms with Crippen LogP contribution in [0, 0.1) is 5.92 Å². The number of anilines is 1. The van der Waals surface area contributed by atoms with Crippen LogP contribution in [-0.4, -0.2) is 28.2 Å². The van der Waals surface area contributed by atoms with Crippen LogP contribution in [-0.2, 0) is 15.8 Å². The number of fused-ring (bicyclic) bond motifs is 1. The van der Waals surface area contributed by atoms with Crippen LogP contribution in [0.2, 0.25) is 0 Å². The second-order valence-electron chi connectivity index (χ2n) is 7.51. The van der Waals surface area contributed by atoms with E-state index in [1.54, 1.807) is 4.90 Å². The molecule has 1 aliphatic heterocycles. The van der Waals surface area contributed by atoms with Crippen molar-refractivity contribution >= 4 is 28.4 Å². The highest BCUT2D eigenvalue weighted by Gasteiger charge is 2.37. The van der Waals surface area contributed by atoms with E-state index in [4.69, 9.17) is 0 Å². The normalized spacial score (nSPS) is 18.1. The number of halogens is 3. The van der Waals surface area contributed by atoms with E-state index in [0.717, 1.165) is 11.6 Å². The van der Waals surface area contributed by atoms with Crippen LogP contribution < -0.4 is 5.32 Å². The molecule has 4 rings (SSSR count). The molecule has 2 unspecified atom stereocenters. The molecule has 0 spiro atoms. The molecule has 8 heteroatoms. The number of hydrogen-bond donors (Lipinski definition) is 2. The highest BCUT2D eigenvalue weighted by molar-refractivity contribution is 5.98. The Morgan fingerprint density at radius 3 is 2.60 bits per heavy atom. The van der Waals surface area contributed by atoms with E-state index in [1.807, 2.05) is 37.3 Å². The van der Waals surface area contributed by atoms with E-state index in [2.05, 4.69) is 10.3 Å². The molecule has 0 bridgehead atoms. The maximum atomic E-state index is 12.9. The fourth-order valence-electron chi connectivity index (χ4n) is 3.80. The van der Waals surface area contributed by atoms with Gasteiger partial charge in [-0.25, -0.2) is 0 Å². The molecule has 3 aromatic rings. The van der Waals surface area contributed by atoms with Gasteiger partial charge in [-0.15, -0.1) is 0 Å². The molecule has 156 valence electrons. The second kappa shape index (κ2) is 7.51. The number of H-pyrrole nitrogens is 1. The summed E-state index contributed by atoms with van der Waals surface area (Å²) in [5.74, 6) is -0.934. The van der Waals surface area contributed by atoms with Crippen LogP contribution in [0.4, 0.5) is 18.9 Å². The zero-order valence-electron chi connectivity index (χ0n) is 16.2. The van der Waals surface area contributed by atoms with Gasteiger partial charge in [-0.05, 0) is 36.8 Å². The third-order valence-corrected chi connectivity index (χ3v) is 5.47. The fourth-order valence-corrected chi connectivity index (χ4v) is 3.80. The number of benzene rings is 2. The number of alkyl halides is 3. The van der Waals surface area contributed by atoms with Crippen LogP contribution in [0.15, 0.2) is 54.6 Å². The number of nitrogens with one attached hydrogen (secondary N) is 2. The first-order valence-corrected chi connectivity index (χ1v) is 9.57. The molecular formula is C22H20F3N3O2. The van der Waals surface area contributed by atoms with Gasteiger partial charge in [0.05, 0.1) is 12.0 Å². The van der Waals surface area contributed by atoms with Crippen molar-refractivity contribution < 1.29 is 22.8 Å². The fraction of sp³-hybridized carbons (Fsp3) is 0.273. The largest absolute Gasteiger partial charge is 0.431 e. The van der Waals surface area contributed by atoms with Crippen molar-refractivity contribution in [2.24, 2.45) is 5.92 Å².